The fraction of sp³-hybridized carbons (Fsp3) is 0.571. The van der Waals surface area contributed by atoms with E-state index in [1.165, 1.54) is 18.2 Å². The molecule has 0 aromatic heterocycles. The van der Waals surface area contributed by atoms with Gasteiger partial charge in [-0.2, -0.15) is 13.2 Å². The van der Waals surface area contributed by atoms with Gasteiger partial charge >= 0.3 is 6.18 Å². The van der Waals surface area contributed by atoms with Crippen molar-refractivity contribution >= 4 is 5.69 Å². The lowest BCUT2D eigenvalue weighted by molar-refractivity contribution is -0.230. The summed E-state index contributed by atoms with van der Waals surface area (Å²) in [5, 5.41) is 2.99. The molecule has 2 rings (SSSR count). The Bertz CT molecular complexity index is 479. The van der Waals surface area contributed by atoms with Crippen LogP contribution in [-0.4, -0.2) is 31.5 Å². The van der Waals surface area contributed by atoms with Gasteiger partial charge in [0.15, 0.2) is 6.10 Å². The summed E-state index contributed by atoms with van der Waals surface area (Å²) in [5.74, 6) is -0.156. The van der Waals surface area contributed by atoms with Gasteiger partial charge in [0.05, 0.1) is 12.3 Å². The molecule has 0 spiro atoms. The molecule has 2 unspecified atom stereocenters. The molecule has 1 aromatic carbocycles. The molecule has 1 N–H and O–H groups in total. The van der Waals surface area contributed by atoms with E-state index < -0.39 is 24.1 Å². The van der Waals surface area contributed by atoms with Crippen molar-refractivity contribution in [3.05, 3.63) is 24.0 Å². The van der Waals surface area contributed by atoms with Crippen molar-refractivity contribution in [2.75, 3.05) is 18.5 Å². The molecule has 0 amide bonds. The molecule has 1 aliphatic heterocycles. The molecule has 2 atom stereocenters. The van der Waals surface area contributed by atoms with Gasteiger partial charge in [0, 0.05) is 25.1 Å². The van der Waals surface area contributed by atoms with Gasteiger partial charge < -0.3 is 14.8 Å². The van der Waals surface area contributed by atoms with Crippen LogP contribution in [-0.2, 0) is 4.74 Å². The van der Waals surface area contributed by atoms with Crippen LogP contribution in [0.5, 0.6) is 5.75 Å². The van der Waals surface area contributed by atoms with E-state index in [0.29, 0.717) is 24.5 Å². The number of hydrogen-bond acceptors (Lipinski definition) is 3. The summed E-state index contributed by atoms with van der Waals surface area (Å²) in [5.41, 5.74) is 0.492. The van der Waals surface area contributed by atoms with Crippen LogP contribution in [0.15, 0.2) is 18.2 Å². The first-order valence-corrected chi connectivity index (χ1v) is 6.77. The number of benzene rings is 1. The van der Waals surface area contributed by atoms with Gasteiger partial charge in [-0.3, -0.25) is 0 Å². The maximum Gasteiger partial charge on any atom is 0.414 e. The molecule has 1 heterocycles. The largest absolute Gasteiger partial charge is 0.492 e. The topological polar surface area (TPSA) is 30.5 Å². The second-order valence-corrected chi connectivity index (χ2v) is 4.84. The Morgan fingerprint density at radius 2 is 2.14 bits per heavy atom. The number of halogens is 4. The smallest absolute Gasteiger partial charge is 0.414 e. The Morgan fingerprint density at radius 1 is 1.38 bits per heavy atom. The quantitative estimate of drug-likeness (QED) is 0.860. The third kappa shape index (κ3) is 4.23. The summed E-state index contributed by atoms with van der Waals surface area (Å²) in [6.07, 6.45) is -5.85. The molecule has 7 heteroatoms. The van der Waals surface area contributed by atoms with Crippen molar-refractivity contribution in [1.82, 2.24) is 0 Å². The van der Waals surface area contributed by atoms with Crippen molar-refractivity contribution in [3.8, 4) is 5.75 Å². The Hall–Kier alpha value is -1.50. The Morgan fingerprint density at radius 3 is 2.81 bits per heavy atom. The van der Waals surface area contributed by atoms with Crippen molar-refractivity contribution < 1.29 is 27.0 Å². The first-order chi connectivity index (χ1) is 9.90. The number of alkyl halides is 3. The van der Waals surface area contributed by atoms with E-state index in [9.17, 15) is 17.6 Å². The first kappa shape index (κ1) is 15.9. The normalized spacial score (nSPS) is 22.9. The van der Waals surface area contributed by atoms with Gasteiger partial charge in [-0.15, -0.1) is 0 Å². The Kier molecular flexibility index (Phi) is 4.92. The van der Waals surface area contributed by atoms with Gasteiger partial charge in [-0.25, -0.2) is 4.39 Å². The second-order valence-electron chi connectivity index (χ2n) is 4.84. The maximum atomic E-state index is 13.2. The molecular weight excluding hydrogens is 290 g/mol. The molecule has 0 bridgehead atoms. The zero-order valence-electron chi connectivity index (χ0n) is 11.5. The molecule has 3 nitrogen and oxygen atoms in total. The molecule has 0 saturated carbocycles. The van der Waals surface area contributed by atoms with Crippen LogP contribution in [0.3, 0.4) is 0 Å². The van der Waals surface area contributed by atoms with Crippen LogP contribution in [0.1, 0.15) is 19.8 Å². The number of nitrogens with one attached hydrogen (secondary N) is 1. The molecule has 1 saturated heterocycles. The van der Waals surface area contributed by atoms with Crippen molar-refractivity contribution in [1.29, 1.82) is 0 Å². The molecule has 118 valence electrons. The van der Waals surface area contributed by atoms with Gasteiger partial charge in [0.1, 0.15) is 11.6 Å². The fourth-order valence-corrected chi connectivity index (χ4v) is 2.27. The SMILES string of the molecule is CCOc1cc(F)ccc1NC1CCOC(C(F)(F)F)C1. The Labute approximate surface area is 120 Å². The number of ether oxygens (including phenoxy) is 2. The summed E-state index contributed by atoms with van der Waals surface area (Å²) < 4.78 is 61.3. The van der Waals surface area contributed by atoms with Crippen LogP contribution in [0, 0.1) is 5.82 Å². The molecule has 1 fully saturated rings. The molecule has 1 aliphatic rings. The lowest BCUT2D eigenvalue weighted by Crippen LogP contribution is -2.42. The lowest BCUT2D eigenvalue weighted by Gasteiger charge is -2.32. The monoisotopic (exact) mass is 307 g/mol. The highest BCUT2D eigenvalue weighted by Gasteiger charge is 2.43. The summed E-state index contributed by atoms with van der Waals surface area (Å²) >= 11 is 0. The van der Waals surface area contributed by atoms with Crippen LogP contribution in [0.4, 0.5) is 23.2 Å². The zero-order valence-corrected chi connectivity index (χ0v) is 11.5. The second kappa shape index (κ2) is 6.51. The summed E-state index contributed by atoms with van der Waals surface area (Å²) in [4.78, 5) is 0. The van der Waals surface area contributed by atoms with Crippen molar-refractivity contribution in [3.63, 3.8) is 0 Å². The average Bonchev–Trinajstić information content (AvgIpc) is 2.42. The van der Waals surface area contributed by atoms with Gasteiger partial charge in [0.2, 0.25) is 0 Å². The molecule has 0 radical (unpaired) electrons. The highest BCUT2D eigenvalue weighted by Crippen LogP contribution is 2.33. The highest BCUT2D eigenvalue weighted by molar-refractivity contribution is 5.57. The zero-order chi connectivity index (χ0) is 15.5. The minimum absolute atomic E-state index is 0.0347. The maximum absolute atomic E-state index is 13.2. The van der Waals surface area contributed by atoms with E-state index in [2.05, 4.69) is 5.32 Å². The molecule has 1 aromatic rings. The van der Waals surface area contributed by atoms with Crippen LogP contribution in [0.25, 0.3) is 0 Å². The molecular formula is C14H17F4NO2. The van der Waals surface area contributed by atoms with Crippen molar-refractivity contribution in [2.24, 2.45) is 0 Å². The number of hydrogen-bond donors (Lipinski definition) is 1. The van der Waals surface area contributed by atoms with E-state index >= 15 is 0 Å². The number of rotatable bonds is 4. The van der Waals surface area contributed by atoms with Crippen molar-refractivity contribution in [2.45, 2.75) is 38.1 Å². The first-order valence-electron chi connectivity index (χ1n) is 6.77. The van der Waals surface area contributed by atoms with Gasteiger partial charge in [-0.1, -0.05) is 0 Å². The lowest BCUT2D eigenvalue weighted by atomic mass is 10.0. The highest BCUT2D eigenvalue weighted by atomic mass is 19.4. The molecule has 0 aliphatic carbocycles. The standard InChI is InChI=1S/C14H17F4NO2/c1-2-20-12-7-9(15)3-4-11(12)19-10-5-6-21-13(8-10)14(16,17)18/h3-4,7,10,13,19H,2,5-6,8H2,1H3. The van der Waals surface area contributed by atoms with E-state index in [1.54, 1.807) is 6.92 Å². The predicted molar refractivity (Wildman–Crippen MR) is 70.0 cm³/mol. The summed E-state index contributed by atoms with van der Waals surface area (Å²) in [7, 11) is 0. The van der Waals surface area contributed by atoms with Gasteiger partial charge in [-0.05, 0) is 25.5 Å². The van der Waals surface area contributed by atoms with Crippen LogP contribution < -0.4 is 10.1 Å². The number of anilines is 1. The fourth-order valence-electron chi connectivity index (χ4n) is 2.27. The minimum atomic E-state index is -4.37. The van der Waals surface area contributed by atoms with E-state index in [-0.39, 0.29) is 13.0 Å². The Balaban J connectivity index is 2.07. The summed E-state index contributed by atoms with van der Waals surface area (Å²) in [6, 6.07) is 3.53. The van der Waals surface area contributed by atoms with E-state index in [4.69, 9.17) is 9.47 Å². The summed E-state index contributed by atoms with van der Waals surface area (Å²) in [6.45, 7) is 2.13. The van der Waals surface area contributed by atoms with Crippen LogP contribution in [0.2, 0.25) is 0 Å². The predicted octanol–water partition coefficient (Wildman–Crippen LogP) is 3.75. The van der Waals surface area contributed by atoms with Gasteiger partial charge in [0.25, 0.3) is 0 Å². The third-order valence-electron chi connectivity index (χ3n) is 3.25. The third-order valence-corrected chi connectivity index (χ3v) is 3.25. The minimum Gasteiger partial charge on any atom is -0.492 e. The average molecular weight is 307 g/mol. The van der Waals surface area contributed by atoms with E-state index in [1.807, 2.05) is 0 Å². The van der Waals surface area contributed by atoms with Crippen LogP contribution >= 0.6 is 0 Å². The van der Waals surface area contributed by atoms with E-state index in [0.717, 1.165) is 0 Å². The molecule has 21 heavy (non-hydrogen) atoms.